The number of hydrogen-bond donors (Lipinski definition) is 1. The van der Waals surface area contributed by atoms with Crippen molar-refractivity contribution in [3.63, 3.8) is 0 Å². The van der Waals surface area contributed by atoms with Gasteiger partial charge in [-0.05, 0) is 35.4 Å². The number of nitrogens with one attached hydrogen (secondary N) is 1. The Morgan fingerprint density at radius 3 is 2.68 bits per heavy atom. The molecule has 22 heavy (non-hydrogen) atoms. The van der Waals surface area contributed by atoms with Gasteiger partial charge in [0, 0.05) is 23.8 Å². The summed E-state index contributed by atoms with van der Waals surface area (Å²) in [6, 6.07) is 14.7. The number of halogens is 2. The van der Waals surface area contributed by atoms with Crippen LogP contribution in [0.4, 0.5) is 4.39 Å². The van der Waals surface area contributed by atoms with Gasteiger partial charge in [0.05, 0.1) is 4.88 Å². The minimum Gasteiger partial charge on any atom is -0.306 e. The van der Waals surface area contributed by atoms with E-state index in [2.05, 4.69) is 38.4 Å². The van der Waals surface area contributed by atoms with E-state index in [0.29, 0.717) is 13.1 Å². The van der Waals surface area contributed by atoms with Crippen molar-refractivity contribution < 1.29 is 4.39 Å². The van der Waals surface area contributed by atoms with Crippen LogP contribution in [-0.4, -0.2) is 4.98 Å². The molecule has 0 fully saturated rings. The molecule has 3 rings (SSSR count). The van der Waals surface area contributed by atoms with E-state index in [1.807, 2.05) is 18.3 Å². The Kier molecular flexibility index (Phi) is 4.97. The Balaban J connectivity index is 1.59. The molecule has 0 saturated carbocycles. The Bertz CT molecular complexity index is 755. The largest absolute Gasteiger partial charge is 0.306 e. The molecule has 0 bridgehead atoms. The molecule has 0 aliphatic heterocycles. The van der Waals surface area contributed by atoms with Crippen molar-refractivity contribution in [1.29, 1.82) is 0 Å². The van der Waals surface area contributed by atoms with E-state index in [9.17, 15) is 4.39 Å². The van der Waals surface area contributed by atoms with Crippen molar-refractivity contribution in [3.05, 3.63) is 75.6 Å². The number of benzene rings is 2. The van der Waals surface area contributed by atoms with Crippen molar-refractivity contribution in [2.75, 3.05) is 0 Å². The first kappa shape index (κ1) is 15.3. The standard InChI is InChI=1S/C17H14BrFN2S/c18-14-3-1-2-13(8-14)16-10-21-17(22-16)11-20-9-12-4-6-15(19)7-5-12/h1-8,10,20H,9,11H2. The third-order valence-corrected chi connectivity index (χ3v) is 4.72. The van der Waals surface area contributed by atoms with E-state index in [1.54, 1.807) is 23.5 Å². The van der Waals surface area contributed by atoms with Gasteiger partial charge < -0.3 is 5.32 Å². The zero-order chi connectivity index (χ0) is 15.4. The maximum atomic E-state index is 12.8. The molecular weight excluding hydrogens is 363 g/mol. The average molecular weight is 377 g/mol. The van der Waals surface area contributed by atoms with Crippen LogP contribution in [-0.2, 0) is 13.1 Å². The highest BCUT2D eigenvalue weighted by molar-refractivity contribution is 9.10. The van der Waals surface area contributed by atoms with Crippen LogP contribution in [0, 0.1) is 5.82 Å². The van der Waals surface area contributed by atoms with E-state index in [-0.39, 0.29) is 5.82 Å². The summed E-state index contributed by atoms with van der Waals surface area (Å²) in [6.45, 7) is 1.40. The molecule has 0 atom stereocenters. The van der Waals surface area contributed by atoms with Crippen molar-refractivity contribution in [1.82, 2.24) is 10.3 Å². The van der Waals surface area contributed by atoms with Gasteiger partial charge in [0.15, 0.2) is 0 Å². The second kappa shape index (κ2) is 7.13. The molecule has 3 aromatic rings. The Morgan fingerprint density at radius 1 is 1.09 bits per heavy atom. The van der Waals surface area contributed by atoms with E-state index in [0.717, 1.165) is 25.5 Å². The zero-order valence-electron chi connectivity index (χ0n) is 11.7. The number of thiazole rings is 1. The van der Waals surface area contributed by atoms with Gasteiger partial charge in [-0.15, -0.1) is 11.3 Å². The molecule has 0 unspecified atom stereocenters. The molecule has 0 spiro atoms. The van der Waals surface area contributed by atoms with E-state index < -0.39 is 0 Å². The van der Waals surface area contributed by atoms with Crippen molar-refractivity contribution >= 4 is 27.3 Å². The van der Waals surface area contributed by atoms with Crippen LogP contribution in [0.5, 0.6) is 0 Å². The molecular formula is C17H14BrFN2S. The highest BCUT2D eigenvalue weighted by Gasteiger charge is 2.05. The molecule has 0 aliphatic rings. The summed E-state index contributed by atoms with van der Waals surface area (Å²) in [5.74, 6) is -0.206. The fourth-order valence-electron chi connectivity index (χ4n) is 2.08. The van der Waals surface area contributed by atoms with Crippen LogP contribution in [0.3, 0.4) is 0 Å². The Labute approximate surface area is 141 Å². The lowest BCUT2D eigenvalue weighted by atomic mass is 10.2. The predicted octanol–water partition coefficient (Wildman–Crippen LogP) is 5.00. The molecule has 0 saturated heterocycles. The molecule has 1 heterocycles. The van der Waals surface area contributed by atoms with Crippen LogP contribution in [0.1, 0.15) is 10.6 Å². The summed E-state index contributed by atoms with van der Waals surface area (Å²) in [7, 11) is 0. The first-order chi connectivity index (χ1) is 10.7. The first-order valence-electron chi connectivity index (χ1n) is 6.86. The fourth-order valence-corrected chi connectivity index (χ4v) is 3.37. The van der Waals surface area contributed by atoms with Crippen LogP contribution >= 0.6 is 27.3 Å². The van der Waals surface area contributed by atoms with Crippen LogP contribution in [0.25, 0.3) is 10.4 Å². The topological polar surface area (TPSA) is 24.9 Å². The van der Waals surface area contributed by atoms with Gasteiger partial charge in [-0.1, -0.05) is 40.2 Å². The van der Waals surface area contributed by atoms with Crippen molar-refractivity contribution in [2.45, 2.75) is 13.1 Å². The van der Waals surface area contributed by atoms with Gasteiger partial charge >= 0.3 is 0 Å². The van der Waals surface area contributed by atoms with Crippen LogP contribution in [0.15, 0.2) is 59.2 Å². The predicted molar refractivity (Wildman–Crippen MR) is 92.2 cm³/mol. The molecule has 0 radical (unpaired) electrons. The highest BCUT2D eigenvalue weighted by atomic mass is 79.9. The monoisotopic (exact) mass is 376 g/mol. The summed E-state index contributed by atoms with van der Waals surface area (Å²) in [5, 5.41) is 4.37. The summed E-state index contributed by atoms with van der Waals surface area (Å²) >= 11 is 5.16. The number of hydrogen-bond acceptors (Lipinski definition) is 3. The van der Waals surface area contributed by atoms with Gasteiger partial charge in [0.2, 0.25) is 0 Å². The molecule has 5 heteroatoms. The third-order valence-electron chi connectivity index (χ3n) is 3.18. The first-order valence-corrected chi connectivity index (χ1v) is 8.47. The minimum atomic E-state index is -0.206. The van der Waals surface area contributed by atoms with Crippen LogP contribution in [0.2, 0.25) is 0 Å². The number of aromatic nitrogens is 1. The second-order valence-corrected chi connectivity index (χ2v) is 6.89. The van der Waals surface area contributed by atoms with E-state index in [4.69, 9.17) is 0 Å². The quantitative estimate of drug-likeness (QED) is 0.677. The molecule has 0 amide bonds. The lowest BCUT2D eigenvalue weighted by Gasteiger charge is -2.02. The average Bonchev–Trinajstić information content (AvgIpc) is 2.98. The number of rotatable bonds is 5. The fraction of sp³-hybridized carbons (Fsp3) is 0.118. The molecule has 0 aliphatic carbocycles. The van der Waals surface area contributed by atoms with Gasteiger partial charge in [0.25, 0.3) is 0 Å². The van der Waals surface area contributed by atoms with Gasteiger partial charge in [0.1, 0.15) is 10.8 Å². The summed E-state index contributed by atoms with van der Waals surface area (Å²) in [6.07, 6.45) is 1.90. The zero-order valence-corrected chi connectivity index (χ0v) is 14.1. The molecule has 1 N–H and O–H groups in total. The van der Waals surface area contributed by atoms with Crippen molar-refractivity contribution in [2.24, 2.45) is 0 Å². The van der Waals surface area contributed by atoms with Gasteiger partial charge in [-0.2, -0.15) is 0 Å². The molecule has 2 nitrogen and oxygen atoms in total. The molecule has 112 valence electrons. The minimum absolute atomic E-state index is 0.206. The normalized spacial score (nSPS) is 10.8. The second-order valence-electron chi connectivity index (χ2n) is 4.86. The Hall–Kier alpha value is -1.56. The maximum Gasteiger partial charge on any atom is 0.123 e. The summed E-state index contributed by atoms with van der Waals surface area (Å²) in [4.78, 5) is 5.60. The highest BCUT2D eigenvalue weighted by Crippen LogP contribution is 2.28. The maximum absolute atomic E-state index is 12.8. The lowest BCUT2D eigenvalue weighted by Crippen LogP contribution is -2.12. The SMILES string of the molecule is Fc1ccc(CNCc2ncc(-c3cccc(Br)c3)s2)cc1. The number of nitrogens with zero attached hydrogens (tertiary/aromatic N) is 1. The molecule has 1 aromatic heterocycles. The molecule has 2 aromatic carbocycles. The smallest absolute Gasteiger partial charge is 0.123 e. The Morgan fingerprint density at radius 2 is 1.91 bits per heavy atom. The van der Waals surface area contributed by atoms with E-state index >= 15 is 0 Å². The van der Waals surface area contributed by atoms with Gasteiger partial charge in [-0.25, -0.2) is 9.37 Å². The van der Waals surface area contributed by atoms with Gasteiger partial charge in [-0.3, -0.25) is 0 Å². The lowest BCUT2D eigenvalue weighted by molar-refractivity contribution is 0.625. The van der Waals surface area contributed by atoms with Crippen LogP contribution < -0.4 is 5.32 Å². The summed E-state index contributed by atoms with van der Waals surface area (Å²) in [5.41, 5.74) is 2.22. The van der Waals surface area contributed by atoms with Crippen molar-refractivity contribution in [3.8, 4) is 10.4 Å². The van der Waals surface area contributed by atoms with E-state index in [1.165, 1.54) is 12.1 Å². The third kappa shape index (κ3) is 4.00. The summed E-state index contributed by atoms with van der Waals surface area (Å²) < 4.78 is 13.9.